The van der Waals surface area contributed by atoms with Crippen LogP contribution in [0, 0.1) is 0 Å². The molecule has 1 N–H and O–H groups in total. The highest BCUT2D eigenvalue weighted by Crippen LogP contribution is 2.28. The predicted molar refractivity (Wildman–Crippen MR) is 92.9 cm³/mol. The third-order valence-electron chi connectivity index (χ3n) is 4.42. The second kappa shape index (κ2) is 6.99. The van der Waals surface area contributed by atoms with E-state index in [1.165, 1.54) is 0 Å². The fourth-order valence-corrected chi connectivity index (χ4v) is 4.56. The van der Waals surface area contributed by atoms with Crippen molar-refractivity contribution in [1.29, 1.82) is 0 Å². The number of sulfone groups is 1. The number of carbonyl (C=O) groups is 1. The molecule has 0 bridgehead atoms. The van der Waals surface area contributed by atoms with Crippen molar-refractivity contribution in [3.8, 4) is 0 Å². The van der Waals surface area contributed by atoms with Crippen LogP contribution in [0.15, 0.2) is 18.5 Å². The van der Waals surface area contributed by atoms with Crippen molar-refractivity contribution >= 4 is 15.7 Å². The van der Waals surface area contributed by atoms with Gasteiger partial charge in [-0.2, -0.15) is 10.2 Å². The first-order chi connectivity index (χ1) is 11.9. The van der Waals surface area contributed by atoms with Crippen molar-refractivity contribution in [2.75, 3.05) is 18.1 Å². The number of aryl methyl sites for hydroxylation is 2. The summed E-state index contributed by atoms with van der Waals surface area (Å²) in [5, 5.41) is 11.2. The fourth-order valence-electron chi connectivity index (χ4n) is 3.07. The van der Waals surface area contributed by atoms with Gasteiger partial charge in [0.1, 0.15) is 5.69 Å². The highest BCUT2D eigenvalue weighted by atomic mass is 32.2. The minimum atomic E-state index is -3.19. The first-order valence-corrected chi connectivity index (χ1v) is 10.3. The van der Waals surface area contributed by atoms with E-state index >= 15 is 0 Å². The smallest absolute Gasteiger partial charge is 0.274 e. The van der Waals surface area contributed by atoms with Crippen molar-refractivity contribution in [2.45, 2.75) is 39.3 Å². The number of rotatable bonds is 5. The first kappa shape index (κ1) is 17.7. The number of hydrogen-bond donors (Lipinski definition) is 1. The maximum absolute atomic E-state index is 12.9. The lowest BCUT2D eigenvalue weighted by Gasteiger charge is -2.34. The van der Waals surface area contributed by atoms with Crippen molar-refractivity contribution in [3.63, 3.8) is 0 Å². The molecule has 1 aliphatic heterocycles. The van der Waals surface area contributed by atoms with Crippen LogP contribution >= 0.6 is 0 Å². The Kier molecular flexibility index (Phi) is 4.94. The summed E-state index contributed by atoms with van der Waals surface area (Å²) in [6.45, 7) is 4.86. The summed E-state index contributed by atoms with van der Waals surface area (Å²) in [6.07, 6.45) is 5.22. The lowest BCUT2D eigenvalue weighted by atomic mass is 10.1. The Bertz CT molecular complexity index is 855. The van der Waals surface area contributed by atoms with E-state index in [4.69, 9.17) is 0 Å². The lowest BCUT2D eigenvalue weighted by molar-refractivity contribution is 0.0691. The molecule has 8 nitrogen and oxygen atoms in total. The zero-order valence-corrected chi connectivity index (χ0v) is 15.3. The third-order valence-corrected chi connectivity index (χ3v) is 6.05. The van der Waals surface area contributed by atoms with E-state index in [1.54, 1.807) is 28.0 Å². The number of H-pyrrole nitrogens is 1. The van der Waals surface area contributed by atoms with Crippen LogP contribution in [0.5, 0.6) is 0 Å². The normalized spacial score (nSPS) is 19.9. The number of amides is 1. The molecule has 1 unspecified atom stereocenters. The lowest BCUT2D eigenvalue weighted by Crippen LogP contribution is -2.46. The number of aromatic nitrogens is 4. The summed E-state index contributed by atoms with van der Waals surface area (Å²) in [5.74, 6) is -0.355. The highest BCUT2D eigenvalue weighted by molar-refractivity contribution is 7.91. The van der Waals surface area contributed by atoms with E-state index < -0.39 is 15.9 Å². The summed E-state index contributed by atoms with van der Waals surface area (Å²) >= 11 is 0. The maximum atomic E-state index is 12.9. The van der Waals surface area contributed by atoms with Crippen LogP contribution in [-0.2, 0) is 22.8 Å². The van der Waals surface area contributed by atoms with E-state index in [0.717, 1.165) is 24.1 Å². The second-order valence-corrected chi connectivity index (χ2v) is 8.52. The molecule has 1 atom stereocenters. The van der Waals surface area contributed by atoms with Gasteiger partial charge in [-0.25, -0.2) is 8.42 Å². The summed E-state index contributed by atoms with van der Waals surface area (Å²) < 4.78 is 26.0. The predicted octanol–water partition coefficient (Wildman–Crippen LogP) is 1.19. The van der Waals surface area contributed by atoms with Crippen LogP contribution < -0.4 is 0 Å². The largest absolute Gasteiger partial charge is 0.328 e. The monoisotopic (exact) mass is 365 g/mol. The molecule has 1 saturated heterocycles. The Balaban J connectivity index is 1.89. The van der Waals surface area contributed by atoms with Crippen LogP contribution in [0.3, 0.4) is 0 Å². The minimum Gasteiger partial charge on any atom is -0.328 e. The molecule has 0 saturated carbocycles. The number of hydrogen-bond acceptors (Lipinski definition) is 5. The van der Waals surface area contributed by atoms with Gasteiger partial charge in [0.2, 0.25) is 0 Å². The van der Waals surface area contributed by atoms with Crippen LogP contribution in [0.4, 0.5) is 0 Å². The molecule has 0 aromatic carbocycles. The van der Waals surface area contributed by atoms with Gasteiger partial charge in [0, 0.05) is 30.5 Å². The van der Waals surface area contributed by atoms with Crippen LogP contribution in [0.2, 0.25) is 0 Å². The standard InChI is InChI=1S/C16H23N5O3S/c1-3-5-13-8-14(19-18-13)16(22)21-6-7-25(23,24)11-15(21)12-9-17-20(4-2)10-12/h8-10,15H,3-7,11H2,1-2H3,(H,18,19). The molecule has 2 aromatic rings. The van der Waals surface area contributed by atoms with Crippen molar-refractivity contribution in [1.82, 2.24) is 24.9 Å². The SMILES string of the molecule is CCCc1cc(C(=O)N2CCS(=O)(=O)CC2c2cnn(CC)c2)n[nH]1. The summed E-state index contributed by atoms with van der Waals surface area (Å²) in [4.78, 5) is 14.5. The van der Waals surface area contributed by atoms with Crippen LogP contribution in [-0.4, -0.2) is 57.3 Å². The van der Waals surface area contributed by atoms with Gasteiger partial charge >= 0.3 is 0 Å². The minimum absolute atomic E-state index is 0.0244. The van der Waals surface area contributed by atoms with Crippen LogP contribution in [0.1, 0.15) is 48.1 Å². The fraction of sp³-hybridized carbons (Fsp3) is 0.562. The zero-order chi connectivity index (χ0) is 18.0. The average Bonchev–Trinajstić information content (AvgIpc) is 3.23. The number of carbonyl (C=O) groups excluding carboxylic acids is 1. The molecule has 0 aliphatic carbocycles. The number of aromatic amines is 1. The molecule has 3 rings (SSSR count). The molecule has 3 heterocycles. The van der Waals surface area contributed by atoms with Gasteiger partial charge in [0.05, 0.1) is 23.7 Å². The van der Waals surface area contributed by atoms with Gasteiger partial charge in [-0.3, -0.25) is 14.6 Å². The molecule has 25 heavy (non-hydrogen) atoms. The molecule has 1 fully saturated rings. The molecule has 9 heteroatoms. The third kappa shape index (κ3) is 3.76. The molecule has 136 valence electrons. The topological polar surface area (TPSA) is 101 Å². The molecular weight excluding hydrogens is 342 g/mol. The molecular formula is C16H23N5O3S. The van der Waals surface area contributed by atoms with Crippen molar-refractivity contribution in [2.24, 2.45) is 0 Å². The van der Waals surface area contributed by atoms with E-state index in [0.29, 0.717) is 12.2 Å². The Morgan fingerprint density at radius 1 is 1.40 bits per heavy atom. The van der Waals surface area contributed by atoms with E-state index in [1.807, 2.05) is 6.92 Å². The van der Waals surface area contributed by atoms with E-state index in [9.17, 15) is 13.2 Å². The van der Waals surface area contributed by atoms with Gasteiger partial charge in [0.25, 0.3) is 5.91 Å². The summed E-state index contributed by atoms with van der Waals surface area (Å²) in [6, 6.07) is 1.22. The van der Waals surface area contributed by atoms with Gasteiger partial charge in [0.15, 0.2) is 9.84 Å². The Morgan fingerprint density at radius 3 is 2.88 bits per heavy atom. The highest BCUT2D eigenvalue weighted by Gasteiger charge is 2.36. The number of nitrogens with zero attached hydrogens (tertiary/aromatic N) is 4. The first-order valence-electron chi connectivity index (χ1n) is 8.51. The Hall–Kier alpha value is -2.16. The quantitative estimate of drug-likeness (QED) is 0.858. The van der Waals surface area contributed by atoms with Gasteiger partial charge in [-0.05, 0) is 19.4 Å². The second-order valence-electron chi connectivity index (χ2n) is 6.29. The van der Waals surface area contributed by atoms with Gasteiger partial charge in [-0.15, -0.1) is 0 Å². The number of nitrogens with one attached hydrogen (secondary N) is 1. The van der Waals surface area contributed by atoms with Crippen LogP contribution in [0.25, 0.3) is 0 Å². The Labute approximate surface area is 147 Å². The molecule has 1 amide bonds. The average molecular weight is 365 g/mol. The van der Waals surface area contributed by atoms with E-state index in [-0.39, 0.29) is 24.0 Å². The molecule has 1 aliphatic rings. The summed E-state index contributed by atoms with van der Waals surface area (Å²) in [7, 11) is -3.19. The van der Waals surface area contributed by atoms with Gasteiger partial charge in [-0.1, -0.05) is 13.3 Å². The van der Waals surface area contributed by atoms with E-state index in [2.05, 4.69) is 22.2 Å². The van der Waals surface area contributed by atoms with Crippen molar-refractivity contribution in [3.05, 3.63) is 35.4 Å². The molecule has 0 radical (unpaired) electrons. The maximum Gasteiger partial charge on any atom is 0.274 e. The zero-order valence-electron chi connectivity index (χ0n) is 14.5. The molecule has 2 aromatic heterocycles. The molecule has 0 spiro atoms. The van der Waals surface area contributed by atoms with Crippen molar-refractivity contribution < 1.29 is 13.2 Å². The Morgan fingerprint density at radius 2 is 2.20 bits per heavy atom. The summed E-state index contributed by atoms with van der Waals surface area (Å²) in [5.41, 5.74) is 1.98. The van der Waals surface area contributed by atoms with Gasteiger partial charge < -0.3 is 4.90 Å².